The van der Waals surface area contributed by atoms with Gasteiger partial charge in [0.1, 0.15) is 0 Å². The van der Waals surface area contributed by atoms with Crippen molar-refractivity contribution in [1.29, 1.82) is 0 Å². The number of benzene rings is 4. The fourth-order valence-electron chi connectivity index (χ4n) is 5.18. The molecule has 6 heteroatoms. The Bertz CT molecular complexity index is 1460. The Hall–Kier alpha value is -4.58. The molecule has 0 radical (unpaired) electrons. The van der Waals surface area contributed by atoms with Gasteiger partial charge in [0.05, 0.1) is 13.1 Å². The number of rotatable bonds is 4. The number of hydrogen-bond donors (Lipinski definition) is 0. The van der Waals surface area contributed by atoms with Crippen molar-refractivity contribution < 1.29 is 19.2 Å². The molecule has 2 heterocycles. The van der Waals surface area contributed by atoms with Crippen LogP contribution < -0.4 is 0 Å². The highest BCUT2D eigenvalue weighted by atomic mass is 16.2. The zero-order chi connectivity index (χ0) is 25.1. The molecular weight excluding hydrogens is 452 g/mol. The molecule has 2 aliphatic rings. The summed E-state index contributed by atoms with van der Waals surface area (Å²) in [7, 11) is 0. The molecule has 6 nitrogen and oxygen atoms in total. The van der Waals surface area contributed by atoms with Crippen LogP contribution in [0.2, 0.25) is 0 Å². The van der Waals surface area contributed by atoms with Crippen molar-refractivity contribution in [2.24, 2.45) is 0 Å². The minimum absolute atomic E-state index is 0.150. The molecule has 176 valence electrons. The monoisotopic (exact) mass is 474 g/mol. The van der Waals surface area contributed by atoms with Crippen molar-refractivity contribution in [3.63, 3.8) is 0 Å². The van der Waals surface area contributed by atoms with E-state index in [2.05, 4.69) is 0 Å². The van der Waals surface area contributed by atoms with E-state index in [1.54, 1.807) is 24.3 Å². The molecule has 0 saturated carbocycles. The summed E-state index contributed by atoms with van der Waals surface area (Å²) in [5.74, 6) is -1.72. The van der Waals surface area contributed by atoms with Crippen LogP contribution in [0, 0.1) is 13.8 Å². The van der Waals surface area contributed by atoms with Crippen molar-refractivity contribution >= 4 is 34.4 Å². The number of nitrogens with zero attached hydrogens (tertiary/aromatic N) is 2. The van der Waals surface area contributed by atoms with Crippen molar-refractivity contribution in [1.82, 2.24) is 9.80 Å². The van der Waals surface area contributed by atoms with E-state index in [0.717, 1.165) is 22.3 Å². The molecule has 0 aromatic heterocycles. The van der Waals surface area contributed by atoms with Gasteiger partial charge in [-0.2, -0.15) is 0 Å². The van der Waals surface area contributed by atoms with E-state index in [-0.39, 0.29) is 13.1 Å². The summed E-state index contributed by atoms with van der Waals surface area (Å²) < 4.78 is 0. The van der Waals surface area contributed by atoms with Crippen LogP contribution in [0.5, 0.6) is 0 Å². The SMILES string of the molecule is Cc1ccccc1CN1C(=O)c2ccc3c4c(ccc(c24)C1=O)C(=O)N(Cc1ccccc1C)C3=O. The number of imide groups is 2. The second-order valence-electron chi connectivity index (χ2n) is 9.32. The highest BCUT2D eigenvalue weighted by Gasteiger charge is 2.39. The quantitative estimate of drug-likeness (QED) is 0.388. The lowest BCUT2D eigenvalue weighted by molar-refractivity contribution is 0.0576. The fraction of sp³-hybridized carbons (Fsp3) is 0.133. The van der Waals surface area contributed by atoms with E-state index in [1.807, 2.05) is 62.4 Å². The van der Waals surface area contributed by atoms with Crippen LogP contribution in [-0.4, -0.2) is 33.4 Å². The summed E-state index contributed by atoms with van der Waals surface area (Å²) in [6, 6.07) is 21.6. The molecule has 0 fully saturated rings. The topological polar surface area (TPSA) is 74.8 Å². The molecule has 0 aliphatic carbocycles. The Morgan fingerprint density at radius 3 is 1.08 bits per heavy atom. The van der Waals surface area contributed by atoms with Crippen molar-refractivity contribution in [3.05, 3.63) is 117 Å². The number of carbonyl (C=O) groups excluding carboxylic acids is 4. The van der Waals surface area contributed by atoms with E-state index >= 15 is 0 Å². The maximum absolute atomic E-state index is 13.5. The van der Waals surface area contributed by atoms with Crippen LogP contribution in [0.25, 0.3) is 10.8 Å². The molecule has 0 spiro atoms. The molecule has 6 rings (SSSR count). The van der Waals surface area contributed by atoms with Crippen LogP contribution in [0.4, 0.5) is 0 Å². The number of carbonyl (C=O) groups is 4. The van der Waals surface area contributed by atoms with Crippen LogP contribution in [0.15, 0.2) is 72.8 Å². The van der Waals surface area contributed by atoms with Gasteiger partial charge in [0.2, 0.25) is 0 Å². The smallest absolute Gasteiger partial charge is 0.261 e. The second kappa shape index (κ2) is 7.99. The van der Waals surface area contributed by atoms with Crippen molar-refractivity contribution in [2.45, 2.75) is 26.9 Å². The summed E-state index contributed by atoms with van der Waals surface area (Å²) >= 11 is 0. The van der Waals surface area contributed by atoms with Crippen LogP contribution >= 0.6 is 0 Å². The molecule has 2 aliphatic heterocycles. The highest BCUT2D eigenvalue weighted by molar-refractivity contribution is 6.33. The lowest BCUT2D eigenvalue weighted by Crippen LogP contribution is -2.42. The Kier molecular flexibility index (Phi) is 4.86. The Labute approximate surface area is 207 Å². The minimum atomic E-state index is -0.429. The van der Waals surface area contributed by atoms with Gasteiger partial charge in [0.25, 0.3) is 23.6 Å². The number of aryl methyl sites for hydroxylation is 2. The largest absolute Gasteiger partial charge is 0.270 e. The van der Waals surface area contributed by atoms with E-state index in [0.29, 0.717) is 33.0 Å². The molecule has 4 aromatic rings. The van der Waals surface area contributed by atoms with E-state index in [9.17, 15) is 19.2 Å². The van der Waals surface area contributed by atoms with Gasteiger partial charge >= 0.3 is 0 Å². The van der Waals surface area contributed by atoms with Gasteiger partial charge in [-0.05, 0) is 60.4 Å². The van der Waals surface area contributed by atoms with Crippen LogP contribution in [0.3, 0.4) is 0 Å². The maximum Gasteiger partial charge on any atom is 0.261 e. The molecule has 4 amide bonds. The fourth-order valence-corrected chi connectivity index (χ4v) is 5.18. The third-order valence-electron chi connectivity index (χ3n) is 7.24. The Balaban J connectivity index is 1.45. The first-order valence-electron chi connectivity index (χ1n) is 11.8. The zero-order valence-corrected chi connectivity index (χ0v) is 19.9. The summed E-state index contributed by atoms with van der Waals surface area (Å²) in [6.45, 7) is 4.18. The first kappa shape index (κ1) is 21.9. The third-order valence-corrected chi connectivity index (χ3v) is 7.24. The molecule has 0 unspecified atom stereocenters. The molecule has 0 bridgehead atoms. The Morgan fingerprint density at radius 2 is 0.778 bits per heavy atom. The predicted octanol–water partition coefficient (Wildman–Crippen LogP) is 5.05. The van der Waals surface area contributed by atoms with Gasteiger partial charge in [0.15, 0.2) is 0 Å². The molecule has 36 heavy (non-hydrogen) atoms. The predicted molar refractivity (Wildman–Crippen MR) is 135 cm³/mol. The standard InChI is InChI=1S/C30H22N2O4/c1-17-7-3-5-9-19(17)15-31-27(33)21-11-13-23-26-24(14-12-22(25(21)26)28(31)34)30(36)32(29(23)35)16-20-10-6-4-8-18(20)2/h3-14H,15-16H2,1-2H3. The maximum atomic E-state index is 13.5. The molecule has 4 aromatic carbocycles. The van der Waals surface area contributed by atoms with Gasteiger partial charge < -0.3 is 0 Å². The van der Waals surface area contributed by atoms with Gasteiger partial charge in [-0.3, -0.25) is 29.0 Å². The zero-order valence-electron chi connectivity index (χ0n) is 19.9. The lowest BCUT2D eigenvalue weighted by Gasteiger charge is -2.32. The normalized spacial score (nSPS) is 14.7. The van der Waals surface area contributed by atoms with Crippen LogP contribution in [0.1, 0.15) is 63.7 Å². The van der Waals surface area contributed by atoms with E-state index in [1.165, 1.54) is 9.80 Å². The summed E-state index contributed by atoms with van der Waals surface area (Å²) in [5, 5.41) is 0.775. The highest BCUT2D eigenvalue weighted by Crippen LogP contribution is 2.38. The van der Waals surface area contributed by atoms with Crippen molar-refractivity contribution in [3.8, 4) is 0 Å². The number of hydrogen-bond acceptors (Lipinski definition) is 4. The molecular formula is C30H22N2O4. The van der Waals surface area contributed by atoms with Gasteiger partial charge in [-0.15, -0.1) is 0 Å². The Morgan fingerprint density at radius 1 is 0.472 bits per heavy atom. The first-order valence-corrected chi connectivity index (χ1v) is 11.8. The van der Waals surface area contributed by atoms with E-state index < -0.39 is 23.6 Å². The average molecular weight is 475 g/mol. The summed E-state index contributed by atoms with van der Waals surface area (Å²) in [5.41, 5.74) is 5.03. The van der Waals surface area contributed by atoms with Crippen LogP contribution in [-0.2, 0) is 13.1 Å². The molecule has 0 atom stereocenters. The second-order valence-corrected chi connectivity index (χ2v) is 9.32. The number of amides is 4. The minimum Gasteiger partial charge on any atom is -0.270 e. The summed E-state index contributed by atoms with van der Waals surface area (Å²) in [6.07, 6.45) is 0. The average Bonchev–Trinajstić information content (AvgIpc) is 2.88. The van der Waals surface area contributed by atoms with E-state index in [4.69, 9.17) is 0 Å². The summed E-state index contributed by atoms with van der Waals surface area (Å²) in [4.78, 5) is 56.4. The van der Waals surface area contributed by atoms with Gasteiger partial charge in [0, 0.05) is 33.0 Å². The first-order chi connectivity index (χ1) is 17.4. The molecule has 0 saturated heterocycles. The van der Waals surface area contributed by atoms with Gasteiger partial charge in [-0.1, -0.05) is 48.5 Å². The third kappa shape index (κ3) is 3.11. The molecule has 0 N–H and O–H groups in total. The lowest BCUT2D eigenvalue weighted by atomic mass is 9.85. The van der Waals surface area contributed by atoms with Crippen molar-refractivity contribution in [2.75, 3.05) is 0 Å². The van der Waals surface area contributed by atoms with Gasteiger partial charge in [-0.25, -0.2) is 0 Å².